The molecule has 0 unspecified atom stereocenters. The number of halogens is 1. The minimum atomic E-state index is 0.0943. The van der Waals surface area contributed by atoms with Crippen LogP contribution in [0.2, 0.25) is 5.02 Å². The predicted octanol–water partition coefficient (Wildman–Crippen LogP) is 5.63. The van der Waals surface area contributed by atoms with Crippen molar-refractivity contribution in [1.29, 1.82) is 0 Å². The summed E-state index contributed by atoms with van der Waals surface area (Å²) in [4.78, 5) is 14.8. The first kappa shape index (κ1) is 22.4. The van der Waals surface area contributed by atoms with Gasteiger partial charge >= 0.3 is 0 Å². The van der Waals surface area contributed by atoms with Gasteiger partial charge < -0.3 is 4.90 Å². The van der Waals surface area contributed by atoms with Gasteiger partial charge in [-0.1, -0.05) is 35.5 Å². The molecule has 0 N–H and O–H groups in total. The highest BCUT2D eigenvalue weighted by molar-refractivity contribution is 7.99. The van der Waals surface area contributed by atoms with E-state index in [4.69, 9.17) is 11.6 Å². The van der Waals surface area contributed by atoms with Gasteiger partial charge in [-0.15, -0.1) is 10.2 Å². The number of aromatic nitrogens is 3. The van der Waals surface area contributed by atoms with Gasteiger partial charge in [0.25, 0.3) is 0 Å². The van der Waals surface area contributed by atoms with E-state index in [2.05, 4.69) is 29.3 Å². The number of benzene rings is 2. The van der Waals surface area contributed by atoms with Gasteiger partial charge in [0.1, 0.15) is 0 Å². The van der Waals surface area contributed by atoms with E-state index in [9.17, 15) is 4.79 Å². The Morgan fingerprint density at radius 2 is 1.73 bits per heavy atom. The van der Waals surface area contributed by atoms with E-state index in [-0.39, 0.29) is 18.0 Å². The largest absolute Gasteiger partial charge is 0.337 e. The van der Waals surface area contributed by atoms with Gasteiger partial charge in [0.05, 0.1) is 5.75 Å². The van der Waals surface area contributed by atoms with E-state index in [1.165, 1.54) is 11.8 Å². The molecule has 3 rings (SSSR count). The Morgan fingerprint density at radius 3 is 2.33 bits per heavy atom. The number of amides is 1. The second kappa shape index (κ2) is 9.67. The zero-order valence-corrected chi connectivity index (χ0v) is 19.5. The molecule has 1 amide bonds. The number of nitrogens with zero attached hydrogens (tertiary/aromatic N) is 4. The number of aryl methyl sites for hydroxylation is 1. The molecule has 0 aliphatic rings. The lowest BCUT2D eigenvalue weighted by Gasteiger charge is -2.30. The number of rotatable bonds is 7. The normalized spacial score (nSPS) is 11.3. The molecular formula is C23H27ClN4OS. The Morgan fingerprint density at radius 1 is 1.07 bits per heavy atom. The fourth-order valence-electron chi connectivity index (χ4n) is 3.52. The third kappa shape index (κ3) is 5.05. The van der Waals surface area contributed by atoms with Crippen molar-refractivity contribution in [2.75, 3.05) is 5.75 Å². The molecule has 2 aromatic carbocycles. The number of hydrogen-bond acceptors (Lipinski definition) is 4. The highest BCUT2D eigenvalue weighted by atomic mass is 35.5. The summed E-state index contributed by atoms with van der Waals surface area (Å²) in [7, 11) is 0. The Labute approximate surface area is 187 Å². The van der Waals surface area contributed by atoms with Crippen LogP contribution < -0.4 is 0 Å². The monoisotopic (exact) mass is 442 g/mol. The fourth-order valence-corrected chi connectivity index (χ4v) is 4.47. The van der Waals surface area contributed by atoms with Crippen molar-refractivity contribution in [1.82, 2.24) is 19.7 Å². The van der Waals surface area contributed by atoms with E-state index < -0.39 is 0 Å². The quantitative estimate of drug-likeness (QED) is 0.444. The maximum atomic E-state index is 12.8. The molecule has 0 atom stereocenters. The molecule has 1 aromatic heterocycles. The van der Waals surface area contributed by atoms with Crippen LogP contribution in [0.3, 0.4) is 0 Å². The first-order valence-electron chi connectivity index (χ1n) is 10.00. The van der Waals surface area contributed by atoms with Crippen molar-refractivity contribution < 1.29 is 4.79 Å². The SMILES string of the molecule is Cc1cccc(-n2c(SCC(=O)N(C(C)C)C(C)C)nnc2-c2ccc(Cl)cc2)c1. The molecule has 7 heteroatoms. The van der Waals surface area contributed by atoms with Crippen LogP contribution in [-0.4, -0.2) is 43.4 Å². The second-order valence-electron chi connectivity index (χ2n) is 7.76. The molecule has 0 fully saturated rings. The summed E-state index contributed by atoms with van der Waals surface area (Å²) in [5, 5.41) is 10.2. The van der Waals surface area contributed by atoms with E-state index in [1.807, 2.05) is 73.6 Å². The van der Waals surface area contributed by atoms with Crippen LogP contribution in [0.15, 0.2) is 53.7 Å². The number of carbonyl (C=O) groups excluding carboxylic acids is 1. The minimum absolute atomic E-state index is 0.0943. The molecule has 1 heterocycles. The molecule has 30 heavy (non-hydrogen) atoms. The lowest BCUT2D eigenvalue weighted by atomic mass is 10.2. The Kier molecular flexibility index (Phi) is 7.21. The second-order valence-corrected chi connectivity index (χ2v) is 9.14. The molecule has 3 aromatic rings. The van der Waals surface area contributed by atoms with Crippen LogP contribution in [0.1, 0.15) is 33.3 Å². The van der Waals surface area contributed by atoms with Gasteiger partial charge in [0.15, 0.2) is 11.0 Å². The van der Waals surface area contributed by atoms with Crippen LogP contribution in [0.25, 0.3) is 17.1 Å². The smallest absolute Gasteiger partial charge is 0.233 e. The average Bonchev–Trinajstić information content (AvgIpc) is 3.10. The van der Waals surface area contributed by atoms with Crippen molar-refractivity contribution in [3.05, 3.63) is 59.1 Å². The zero-order chi connectivity index (χ0) is 21.8. The lowest BCUT2D eigenvalue weighted by Crippen LogP contribution is -2.43. The highest BCUT2D eigenvalue weighted by Crippen LogP contribution is 2.29. The summed E-state index contributed by atoms with van der Waals surface area (Å²) in [6.07, 6.45) is 0. The Bertz CT molecular complexity index is 1010. The van der Waals surface area contributed by atoms with Crippen molar-refractivity contribution in [3.8, 4) is 17.1 Å². The van der Waals surface area contributed by atoms with E-state index in [0.29, 0.717) is 15.9 Å². The summed E-state index contributed by atoms with van der Waals surface area (Å²) in [6.45, 7) is 10.2. The molecule has 0 radical (unpaired) electrons. The third-order valence-corrected chi connectivity index (χ3v) is 5.89. The summed E-state index contributed by atoms with van der Waals surface area (Å²) < 4.78 is 2.00. The third-order valence-electron chi connectivity index (χ3n) is 4.72. The molecule has 5 nitrogen and oxygen atoms in total. The van der Waals surface area contributed by atoms with Crippen LogP contribution in [0.4, 0.5) is 0 Å². The predicted molar refractivity (Wildman–Crippen MR) is 124 cm³/mol. The molecule has 0 saturated carbocycles. The summed E-state index contributed by atoms with van der Waals surface area (Å²) in [5.41, 5.74) is 3.02. The molecule has 0 bridgehead atoms. The van der Waals surface area contributed by atoms with E-state index in [1.54, 1.807) is 0 Å². The van der Waals surface area contributed by atoms with Crippen LogP contribution in [0.5, 0.6) is 0 Å². The Hall–Kier alpha value is -2.31. The van der Waals surface area contributed by atoms with Crippen LogP contribution in [0, 0.1) is 6.92 Å². The van der Waals surface area contributed by atoms with Crippen molar-refractivity contribution in [2.45, 2.75) is 51.9 Å². The molecule has 0 aliphatic carbocycles. The fraction of sp³-hybridized carbons (Fsp3) is 0.348. The summed E-state index contributed by atoms with van der Waals surface area (Å²) in [6, 6.07) is 16.0. The Balaban J connectivity index is 1.97. The van der Waals surface area contributed by atoms with Crippen LogP contribution in [-0.2, 0) is 4.79 Å². The van der Waals surface area contributed by atoms with Gasteiger partial charge in [-0.2, -0.15) is 0 Å². The van der Waals surface area contributed by atoms with Gasteiger partial charge in [-0.05, 0) is 76.6 Å². The average molecular weight is 443 g/mol. The number of hydrogen-bond donors (Lipinski definition) is 0. The maximum absolute atomic E-state index is 12.8. The van der Waals surface area contributed by atoms with Gasteiger partial charge in [-0.3, -0.25) is 9.36 Å². The molecule has 158 valence electrons. The number of thioether (sulfide) groups is 1. The van der Waals surface area contributed by atoms with Gasteiger partial charge in [0, 0.05) is 28.4 Å². The first-order chi connectivity index (χ1) is 14.3. The van der Waals surface area contributed by atoms with Crippen molar-refractivity contribution in [2.24, 2.45) is 0 Å². The summed E-state index contributed by atoms with van der Waals surface area (Å²) in [5.74, 6) is 1.12. The molecule has 0 saturated heterocycles. The maximum Gasteiger partial charge on any atom is 0.233 e. The van der Waals surface area contributed by atoms with Crippen molar-refractivity contribution >= 4 is 29.3 Å². The molecule has 0 aliphatic heterocycles. The van der Waals surface area contributed by atoms with Crippen LogP contribution >= 0.6 is 23.4 Å². The minimum Gasteiger partial charge on any atom is -0.337 e. The molecule has 0 spiro atoms. The standard InChI is InChI=1S/C23H27ClN4OS/c1-15(2)27(16(3)4)21(29)14-30-23-26-25-22(18-9-11-19(24)12-10-18)28(23)20-8-6-7-17(5)13-20/h6-13,15-16H,14H2,1-5H3. The van der Waals surface area contributed by atoms with Crippen molar-refractivity contribution in [3.63, 3.8) is 0 Å². The molecular weight excluding hydrogens is 416 g/mol. The van der Waals surface area contributed by atoms with Gasteiger partial charge in [0.2, 0.25) is 5.91 Å². The highest BCUT2D eigenvalue weighted by Gasteiger charge is 2.22. The lowest BCUT2D eigenvalue weighted by molar-refractivity contribution is -0.131. The topological polar surface area (TPSA) is 51.0 Å². The van der Waals surface area contributed by atoms with E-state index in [0.717, 1.165) is 22.6 Å². The number of carbonyl (C=O) groups is 1. The van der Waals surface area contributed by atoms with Gasteiger partial charge in [-0.25, -0.2) is 0 Å². The van der Waals surface area contributed by atoms with E-state index >= 15 is 0 Å². The summed E-state index contributed by atoms with van der Waals surface area (Å²) >= 11 is 7.47. The first-order valence-corrected chi connectivity index (χ1v) is 11.4. The zero-order valence-electron chi connectivity index (χ0n) is 18.0.